The Bertz CT molecular complexity index is 755. The fourth-order valence-electron chi connectivity index (χ4n) is 1.65. The van der Waals surface area contributed by atoms with Crippen molar-refractivity contribution in [2.45, 2.75) is 11.8 Å². The number of carbonyl (C=O) groups is 1. The van der Waals surface area contributed by atoms with Crippen LogP contribution in [0.25, 0.3) is 0 Å². The van der Waals surface area contributed by atoms with Crippen molar-refractivity contribution in [2.75, 3.05) is 5.32 Å². The standard InChI is InChI=1S/C14H14N2O4S/c1-10-6-8-11(9-7-10)21(18,19)20-13-5-3-2-4-12(13)16-14(15)17/h2-9H,1H3,(H3,15,16,17). The molecule has 21 heavy (non-hydrogen) atoms. The summed E-state index contributed by atoms with van der Waals surface area (Å²) >= 11 is 0. The van der Waals surface area contributed by atoms with Crippen molar-refractivity contribution < 1.29 is 17.4 Å². The fraction of sp³-hybridized carbons (Fsp3) is 0.0714. The number of urea groups is 1. The molecule has 2 aromatic rings. The molecule has 0 aromatic heterocycles. The Labute approximate surface area is 122 Å². The van der Waals surface area contributed by atoms with Gasteiger partial charge in [0.1, 0.15) is 4.90 Å². The number of carbonyl (C=O) groups excluding carboxylic acids is 1. The lowest BCUT2D eigenvalue weighted by molar-refractivity contribution is 0.259. The van der Waals surface area contributed by atoms with Crippen LogP contribution in [0.1, 0.15) is 5.56 Å². The third kappa shape index (κ3) is 3.73. The molecule has 110 valence electrons. The SMILES string of the molecule is Cc1ccc(S(=O)(=O)Oc2ccccc2NC(N)=O)cc1. The molecular formula is C14H14N2O4S. The maximum absolute atomic E-state index is 12.2. The molecule has 0 saturated heterocycles. The van der Waals surface area contributed by atoms with Crippen molar-refractivity contribution in [2.24, 2.45) is 5.73 Å². The van der Waals surface area contributed by atoms with Crippen LogP contribution in [0.2, 0.25) is 0 Å². The molecule has 0 aliphatic carbocycles. The molecule has 0 bridgehead atoms. The first-order chi connectivity index (χ1) is 9.88. The monoisotopic (exact) mass is 306 g/mol. The lowest BCUT2D eigenvalue weighted by atomic mass is 10.2. The van der Waals surface area contributed by atoms with Crippen LogP contribution in [0.5, 0.6) is 5.75 Å². The van der Waals surface area contributed by atoms with E-state index in [1.165, 1.54) is 24.3 Å². The molecular weight excluding hydrogens is 292 g/mol. The third-order valence-corrected chi connectivity index (χ3v) is 3.90. The molecule has 0 radical (unpaired) electrons. The second-order valence-corrected chi connectivity index (χ2v) is 5.88. The van der Waals surface area contributed by atoms with Crippen LogP contribution in [0.3, 0.4) is 0 Å². The van der Waals surface area contributed by atoms with Crippen LogP contribution in [0, 0.1) is 6.92 Å². The molecule has 7 heteroatoms. The maximum Gasteiger partial charge on any atom is 0.339 e. The first-order valence-electron chi connectivity index (χ1n) is 6.05. The highest BCUT2D eigenvalue weighted by atomic mass is 32.2. The van der Waals surface area contributed by atoms with Crippen molar-refractivity contribution in [3.05, 3.63) is 54.1 Å². The molecule has 6 nitrogen and oxygen atoms in total. The summed E-state index contributed by atoms with van der Waals surface area (Å²) in [5.41, 5.74) is 6.15. The Morgan fingerprint density at radius 2 is 1.71 bits per heavy atom. The minimum absolute atomic E-state index is 0.00289. The molecule has 0 fully saturated rings. The van der Waals surface area contributed by atoms with Crippen LogP contribution in [0.15, 0.2) is 53.4 Å². The van der Waals surface area contributed by atoms with Crippen LogP contribution in [0.4, 0.5) is 10.5 Å². The van der Waals surface area contributed by atoms with Gasteiger partial charge in [-0.05, 0) is 31.2 Å². The van der Waals surface area contributed by atoms with Gasteiger partial charge in [-0.3, -0.25) is 0 Å². The summed E-state index contributed by atoms with van der Waals surface area (Å²) < 4.78 is 29.4. The average Bonchev–Trinajstić information content (AvgIpc) is 2.40. The molecule has 0 spiro atoms. The molecule has 0 unspecified atom stereocenters. The van der Waals surface area contributed by atoms with E-state index in [4.69, 9.17) is 9.92 Å². The summed E-state index contributed by atoms with van der Waals surface area (Å²) in [6.07, 6.45) is 0. The summed E-state index contributed by atoms with van der Waals surface area (Å²) in [6.45, 7) is 1.85. The van der Waals surface area contributed by atoms with Crippen molar-refractivity contribution >= 4 is 21.8 Å². The number of rotatable bonds is 4. The highest BCUT2D eigenvalue weighted by Gasteiger charge is 2.18. The summed E-state index contributed by atoms with van der Waals surface area (Å²) in [5.74, 6) is -0.00289. The van der Waals surface area contributed by atoms with E-state index in [0.717, 1.165) is 5.56 Å². The largest absolute Gasteiger partial charge is 0.377 e. The summed E-state index contributed by atoms with van der Waals surface area (Å²) in [5, 5.41) is 2.31. The van der Waals surface area contributed by atoms with Gasteiger partial charge in [0.25, 0.3) is 0 Å². The zero-order valence-corrected chi connectivity index (χ0v) is 12.1. The fourth-order valence-corrected chi connectivity index (χ4v) is 2.59. The van der Waals surface area contributed by atoms with E-state index in [1.54, 1.807) is 24.3 Å². The van der Waals surface area contributed by atoms with Crippen molar-refractivity contribution in [3.8, 4) is 5.75 Å². The van der Waals surface area contributed by atoms with Crippen molar-refractivity contribution in [1.82, 2.24) is 0 Å². The number of nitrogens with two attached hydrogens (primary N) is 1. The zero-order valence-electron chi connectivity index (χ0n) is 11.2. The summed E-state index contributed by atoms with van der Waals surface area (Å²) in [6, 6.07) is 11.6. The lowest BCUT2D eigenvalue weighted by Crippen LogP contribution is -2.20. The number of primary amides is 1. The number of amides is 2. The molecule has 0 heterocycles. The Morgan fingerprint density at radius 3 is 2.33 bits per heavy atom. The number of para-hydroxylation sites is 2. The molecule has 0 saturated carbocycles. The number of nitrogens with one attached hydrogen (secondary N) is 1. The number of anilines is 1. The predicted molar refractivity (Wildman–Crippen MR) is 78.6 cm³/mol. The number of benzene rings is 2. The van der Waals surface area contributed by atoms with Gasteiger partial charge in [0.15, 0.2) is 5.75 Å². The van der Waals surface area contributed by atoms with Crippen LogP contribution >= 0.6 is 0 Å². The normalized spacial score (nSPS) is 10.9. The maximum atomic E-state index is 12.2. The average molecular weight is 306 g/mol. The third-order valence-electron chi connectivity index (χ3n) is 2.65. The second kappa shape index (κ2) is 5.84. The van der Waals surface area contributed by atoms with Gasteiger partial charge in [-0.1, -0.05) is 29.8 Å². The summed E-state index contributed by atoms with van der Waals surface area (Å²) in [4.78, 5) is 10.9. The van der Waals surface area contributed by atoms with Crippen LogP contribution < -0.4 is 15.2 Å². The Balaban J connectivity index is 2.33. The van der Waals surface area contributed by atoms with Gasteiger partial charge in [-0.25, -0.2) is 4.79 Å². The lowest BCUT2D eigenvalue weighted by Gasteiger charge is -2.11. The first kappa shape index (κ1) is 14.9. The van der Waals surface area contributed by atoms with E-state index in [9.17, 15) is 13.2 Å². The number of aryl methyl sites for hydroxylation is 1. The summed E-state index contributed by atoms with van der Waals surface area (Å²) in [7, 11) is -3.98. The van der Waals surface area contributed by atoms with Crippen LogP contribution in [-0.4, -0.2) is 14.4 Å². The van der Waals surface area contributed by atoms with Gasteiger partial charge < -0.3 is 15.2 Å². The van der Waals surface area contributed by atoms with Gasteiger partial charge in [-0.2, -0.15) is 8.42 Å². The molecule has 2 aromatic carbocycles. The molecule has 0 aliphatic heterocycles. The minimum Gasteiger partial charge on any atom is -0.377 e. The second-order valence-electron chi connectivity index (χ2n) is 4.34. The van der Waals surface area contributed by atoms with Gasteiger partial charge in [0.2, 0.25) is 0 Å². The molecule has 3 N–H and O–H groups in total. The Kier molecular flexibility index (Phi) is 4.13. The quantitative estimate of drug-likeness (QED) is 0.846. The van der Waals surface area contributed by atoms with E-state index in [-0.39, 0.29) is 16.3 Å². The molecule has 0 aliphatic rings. The highest BCUT2D eigenvalue weighted by Crippen LogP contribution is 2.27. The van der Waals surface area contributed by atoms with Crippen molar-refractivity contribution in [1.29, 1.82) is 0 Å². The van der Waals surface area contributed by atoms with Gasteiger partial charge >= 0.3 is 16.1 Å². The first-order valence-corrected chi connectivity index (χ1v) is 7.46. The van der Waals surface area contributed by atoms with Gasteiger partial charge in [-0.15, -0.1) is 0 Å². The van der Waals surface area contributed by atoms with E-state index in [0.29, 0.717) is 0 Å². The van der Waals surface area contributed by atoms with E-state index < -0.39 is 16.1 Å². The van der Waals surface area contributed by atoms with Crippen molar-refractivity contribution in [3.63, 3.8) is 0 Å². The van der Waals surface area contributed by atoms with Gasteiger partial charge in [0, 0.05) is 0 Å². The topological polar surface area (TPSA) is 98.5 Å². The highest BCUT2D eigenvalue weighted by molar-refractivity contribution is 7.87. The van der Waals surface area contributed by atoms with E-state index in [2.05, 4.69) is 5.32 Å². The molecule has 0 atom stereocenters. The Hall–Kier alpha value is -2.54. The predicted octanol–water partition coefficient (Wildman–Crippen LogP) is 2.25. The number of hydrogen-bond donors (Lipinski definition) is 2. The van der Waals surface area contributed by atoms with Gasteiger partial charge in [0.05, 0.1) is 5.69 Å². The minimum atomic E-state index is -3.98. The smallest absolute Gasteiger partial charge is 0.339 e. The van der Waals surface area contributed by atoms with E-state index >= 15 is 0 Å². The van der Waals surface area contributed by atoms with Crippen LogP contribution in [-0.2, 0) is 10.1 Å². The Morgan fingerprint density at radius 1 is 1.10 bits per heavy atom. The van der Waals surface area contributed by atoms with E-state index in [1.807, 2.05) is 6.92 Å². The molecule has 2 rings (SSSR count). The molecule has 2 amide bonds. The number of hydrogen-bond acceptors (Lipinski definition) is 4. The zero-order chi connectivity index (χ0) is 15.5.